The van der Waals surface area contributed by atoms with E-state index in [1.165, 1.54) is 18.2 Å². The average molecular weight is 337 g/mol. The van der Waals surface area contributed by atoms with E-state index in [4.69, 9.17) is 16.3 Å². The van der Waals surface area contributed by atoms with Gasteiger partial charge in [0.25, 0.3) is 5.91 Å². The zero-order valence-electron chi connectivity index (χ0n) is 9.54. The van der Waals surface area contributed by atoms with Crippen molar-refractivity contribution in [2.45, 2.75) is 6.04 Å². The molecule has 0 aliphatic carbocycles. The molecule has 0 spiro atoms. The number of carbonyl (C=O) groups is 1. The number of ether oxygens (including phenoxy) is 1. The van der Waals surface area contributed by atoms with Gasteiger partial charge in [-0.3, -0.25) is 4.79 Å². The summed E-state index contributed by atoms with van der Waals surface area (Å²) in [5.74, 6) is -0.974. The molecule has 1 aromatic rings. The van der Waals surface area contributed by atoms with Gasteiger partial charge in [0.1, 0.15) is 5.82 Å². The van der Waals surface area contributed by atoms with Gasteiger partial charge in [-0.15, -0.1) is 0 Å². The van der Waals surface area contributed by atoms with Crippen LogP contribution in [0.5, 0.6) is 0 Å². The Hall–Kier alpha value is -0.650. The van der Waals surface area contributed by atoms with Crippen LogP contribution in [0.2, 0.25) is 5.02 Å². The topological polar surface area (TPSA) is 29.5 Å². The molecule has 6 heteroatoms. The second kappa shape index (κ2) is 5.99. The molecule has 1 aliphatic heterocycles. The van der Waals surface area contributed by atoms with Crippen LogP contribution in [0.4, 0.5) is 4.39 Å². The van der Waals surface area contributed by atoms with E-state index < -0.39 is 5.82 Å². The van der Waals surface area contributed by atoms with E-state index in [2.05, 4.69) is 15.9 Å². The van der Waals surface area contributed by atoms with Crippen molar-refractivity contribution < 1.29 is 13.9 Å². The number of halogens is 3. The van der Waals surface area contributed by atoms with Crippen LogP contribution in [0.25, 0.3) is 0 Å². The highest BCUT2D eigenvalue weighted by Gasteiger charge is 2.29. The Morgan fingerprint density at radius 2 is 2.39 bits per heavy atom. The lowest BCUT2D eigenvalue weighted by molar-refractivity contribution is 0.00501. The zero-order valence-corrected chi connectivity index (χ0v) is 11.9. The molecule has 1 aromatic carbocycles. The Morgan fingerprint density at radius 1 is 1.61 bits per heavy atom. The van der Waals surface area contributed by atoms with Crippen molar-refractivity contribution in [3.05, 3.63) is 34.6 Å². The summed E-state index contributed by atoms with van der Waals surface area (Å²) in [5, 5.41) is 0.727. The highest BCUT2D eigenvalue weighted by atomic mass is 79.9. The van der Waals surface area contributed by atoms with Gasteiger partial charge in [-0.25, -0.2) is 4.39 Å². The van der Waals surface area contributed by atoms with E-state index in [0.717, 1.165) is 0 Å². The van der Waals surface area contributed by atoms with Gasteiger partial charge in [0.05, 0.1) is 29.8 Å². The standard InChI is InChI=1S/C12H12BrClFNO2/c13-6-8-7-18-5-4-16(8)12(17)11-9(14)2-1-3-10(11)15/h1-3,8H,4-7H2. The predicted molar refractivity (Wildman–Crippen MR) is 70.8 cm³/mol. The van der Waals surface area contributed by atoms with Gasteiger partial charge in [0.15, 0.2) is 0 Å². The van der Waals surface area contributed by atoms with E-state index in [0.29, 0.717) is 25.1 Å². The Morgan fingerprint density at radius 3 is 3.06 bits per heavy atom. The molecule has 0 bridgehead atoms. The SMILES string of the molecule is O=C(c1c(F)cccc1Cl)N1CCOCC1CBr. The van der Waals surface area contributed by atoms with Gasteiger partial charge in [-0.05, 0) is 12.1 Å². The van der Waals surface area contributed by atoms with Crippen molar-refractivity contribution in [1.29, 1.82) is 0 Å². The molecular formula is C12H12BrClFNO2. The molecule has 1 atom stereocenters. The van der Waals surface area contributed by atoms with E-state index in [1.54, 1.807) is 4.90 Å². The van der Waals surface area contributed by atoms with Crippen LogP contribution in [0, 0.1) is 5.82 Å². The molecule has 98 valence electrons. The summed E-state index contributed by atoms with van der Waals surface area (Å²) in [5.41, 5.74) is -0.0629. The van der Waals surface area contributed by atoms with Crippen LogP contribution in [0.1, 0.15) is 10.4 Å². The summed E-state index contributed by atoms with van der Waals surface area (Å²) < 4.78 is 19.0. The maximum atomic E-state index is 13.7. The third-order valence-corrected chi connectivity index (χ3v) is 3.91. The fourth-order valence-corrected chi connectivity index (χ4v) is 2.68. The van der Waals surface area contributed by atoms with Crippen LogP contribution in [-0.4, -0.2) is 41.9 Å². The lowest BCUT2D eigenvalue weighted by Gasteiger charge is -2.34. The number of alkyl halides is 1. The monoisotopic (exact) mass is 335 g/mol. The smallest absolute Gasteiger partial charge is 0.258 e. The minimum absolute atomic E-state index is 0.0629. The molecule has 1 fully saturated rings. The Balaban J connectivity index is 2.30. The summed E-state index contributed by atoms with van der Waals surface area (Å²) in [7, 11) is 0. The van der Waals surface area contributed by atoms with E-state index in [9.17, 15) is 9.18 Å². The number of morpholine rings is 1. The third-order valence-electron chi connectivity index (χ3n) is 2.84. The van der Waals surface area contributed by atoms with Gasteiger partial charge < -0.3 is 9.64 Å². The third kappa shape index (κ3) is 2.68. The molecule has 1 saturated heterocycles. The second-order valence-corrected chi connectivity index (χ2v) is 5.03. The van der Waals surface area contributed by atoms with Gasteiger partial charge in [-0.1, -0.05) is 33.6 Å². The van der Waals surface area contributed by atoms with Crippen LogP contribution < -0.4 is 0 Å². The van der Waals surface area contributed by atoms with Crippen LogP contribution >= 0.6 is 27.5 Å². The maximum Gasteiger partial charge on any atom is 0.258 e. The molecule has 1 aliphatic rings. The number of amides is 1. The fourth-order valence-electron chi connectivity index (χ4n) is 1.90. The van der Waals surface area contributed by atoms with Crippen LogP contribution in [0.15, 0.2) is 18.2 Å². The molecular weight excluding hydrogens is 324 g/mol. The minimum atomic E-state index is -0.590. The molecule has 1 heterocycles. The maximum absolute atomic E-state index is 13.7. The van der Waals surface area contributed by atoms with E-state index in [-0.39, 0.29) is 22.5 Å². The highest BCUT2D eigenvalue weighted by molar-refractivity contribution is 9.09. The zero-order chi connectivity index (χ0) is 13.1. The molecule has 2 rings (SSSR count). The van der Waals surface area contributed by atoms with E-state index >= 15 is 0 Å². The molecule has 0 N–H and O–H groups in total. The van der Waals surface area contributed by atoms with Crippen molar-refractivity contribution in [1.82, 2.24) is 4.90 Å². The first-order valence-electron chi connectivity index (χ1n) is 5.54. The van der Waals surface area contributed by atoms with Gasteiger partial charge >= 0.3 is 0 Å². The largest absolute Gasteiger partial charge is 0.377 e. The Bertz CT molecular complexity index is 437. The molecule has 18 heavy (non-hydrogen) atoms. The Labute approximate surface area is 118 Å². The average Bonchev–Trinajstić information content (AvgIpc) is 2.38. The van der Waals surface area contributed by atoms with Crippen LogP contribution in [-0.2, 0) is 4.74 Å². The number of hydrogen-bond acceptors (Lipinski definition) is 2. The number of carbonyl (C=O) groups excluding carboxylic acids is 1. The molecule has 0 aromatic heterocycles. The molecule has 1 unspecified atom stereocenters. The molecule has 1 amide bonds. The molecule has 0 saturated carbocycles. The highest BCUT2D eigenvalue weighted by Crippen LogP contribution is 2.23. The summed E-state index contributed by atoms with van der Waals surface area (Å²) in [4.78, 5) is 13.9. The second-order valence-electron chi connectivity index (χ2n) is 3.98. The van der Waals surface area contributed by atoms with Crippen molar-refractivity contribution in [2.75, 3.05) is 25.1 Å². The first kappa shape index (κ1) is 13.8. The van der Waals surface area contributed by atoms with Crippen molar-refractivity contribution >= 4 is 33.4 Å². The summed E-state index contributed by atoms with van der Waals surface area (Å²) in [6.07, 6.45) is 0. The van der Waals surface area contributed by atoms with Gasteiger partial charge in [0.2, 0.25) is 0 Å². The lowest BCUT2D eigenvalue weighted by atomic mass is 10.1. The molecule has 0 radical (unpaired) electrons. The van der Waals surface area contributed by atoms with Gasteiger partial charge in [0, 0.05) is 11.9 Å². The fraction of sp³-hybridized carbons (Fsp3) is 0.417. The number of rotatable bonds is 2. The lowest BCUT2D eigenvalue weighted by Crippen LogP contribution is -2.49. The quantitative estimate of drug-likeness (QED) is 0.777. The number of nitrogens with zero attached hydrogens (tertiary/aromatic N) is 1. The Kier molecular flexibility index (Phi) is 4.59. The summed E-state index contributed by atoms with van der Waals surface area (Å²) in [6, 6.07) is 4.14. The first-order chi connectivity index (χ1) is 8.65. The van der Waals surface area contributed by atoms with Crippen molar-refractivity contribution in [3.63, 3.8) is 0 Å². The summed E-state index contributed by atoms with van der Waals surface area (Å²) >= 11 is 9.23. The molecule has 3 nitrogen and oxygen atoms in total. The summed E-state index contributed by atoms with van der Waals surface area (Å²) in [6.45, 7) is 1.35. The number of hydrogen-bond donors (Lipinski definition) is 0. The minimum Gasteiger partial charge on any atom is -0.377 e. The van der Waals surface area contributed by atoms with Crippen LogP contribution in [0.3, 0.4) is 0 Å². The number of benzene rings is 1. The van der Waals surface area contributed by atoms with Crippen molar-refractivity contribution in [3.8, 4) is 0 Å². The van der Waals surface area contributed by atoms with Gasteiger partial charge in [-0.2, -0.15) is 0 Å². The first-order valence-corrected chi connectivity index (χ1v) is 7.03. The van der Waals surface area contributed by atoms with Crippen molar-refractivity contribution in [2.24, 2.45) is 0 Å². The normalized spacial score (nSPS) is 19.9. The van der Waals surface area contributed by atoms with E-state index in [1.807, 2.05) is 0 Å². The predicted octanol–water partition coefficient (Wildman–Crippen LogP) is 2.72.